The van der Waals surface area contributed by atoms with Crippen molar-refractivity contribution in [1.82, 2.24) is 0 Å². The Bertz CT molecular complexity index is 445. The second-order valence-electron chi connectivity index (χ2n) is 6.67. The molecule has 1 aliphatic rings. The standard InChI is InChI=1S/C19H30O6/c1-3-17(20)24-14-25-18(21)10-5-4-6-11-23-19(22)13-16-9-7-8-15(2)12-16/h3,15-16H,1,4-14H2,2H3. The summed E-state index contributed by atoms with van der Waals surface area (Å²) in [4.78, 5) is 33.9. The van der Waals surface area contributed by atoms with Crippen molar-refractivity contribution in [2.45, 2.75) is 64.7 Å². The Hall–Kier alpha value is -1.85. The number of hydrogen-bond acceptors (Lipinski definition) is 6. The fourth-order valence-electron chi connectivity index (χ4n) is 3.06. The highest BCUT2D eigenvalue weighted by molar-refractivity contribution is 5.81. The van der Waals surface area contributed by atoms with E-state index >= 15 is 0 Å². The van der Waals surface area contributed by atoms with Gasteiger partial charge in [0.05, 0.1) is 6.61 Å². The summed E-state index contributed by atoms with van der Waals surface area (Å²) in [5, 5.41) is 0. The van der Waals surface area contributed by atoms with Crippen LogP contribution in [0.5, 0.6) is 0 Å². The lowest BCUT2D eigenvalue weighted by molar-refractivity contribution is -0.164. The van der Waals surface area contributed by atoms with Gasteiger partial charge < -0.3 is 14.2 Å². The normalized spacial score (nSPS) is 19.7. The molecule has 1 saturated carbocycles. The van der Waals surface area contributed by atoms with Crippen molar-refractivity contribution in [2.75, 3.05) is 13.4 Å². The predicted molar refractivity (Wildman–Crippen MR) is 92.4 cm³/mol. The van der Waals surface area contributed by atoms with Crippen LogP contribution in [0.4, 0.5) is 0 Å². The third kappa shape index (κ3) is 10.6. The summed E-state index contributed by atoms with van der Waals surface area (Å²) in [5.74, 6) is 0.0351. The van der Waals surface area contributed by atoms with E-state index < -0.39 is 11.9 Å². The van der Waals surface area contributed by atoms with Crippen LogP contribution in [0.3, 0.4) is 0 Å². The smallest absolute Gasteiger partial charge is 0.333 e. The SMILES string of the molecule is C=CC(=O)OCOC(=O)CCCCCOC(=O)CC1CCCC(C)C1. The fraction of sp³-hybridized carbons (Fsp3) is 0.737. The summed E-state index contributed by atoms with van der Waals surface area (Å²) < 4.78 is 14.6. The minimum absolute atomic E-state index is 0.109. The first-order valence-corrected chi connectivity index (χ1v) is 9.11. The van der Waals surface area contributed by atoms with Gasteiger partial charge in [0, 0.05) is 18.9 Å². The Labute approximate surface area is 149 Å². The van der Waals surface area contributed by atoms with E-state index in [9.17, 15) is 14.4 Å². The zero-order valence-electron chi connectivity index (χ0n) is 15.2. The largest absolute Gasteiger partial charge is 0.466 e. The van der Waals surface area contributed by atoms with E-state index in [0.29, 0.717) is 31.3 Å². The molecule has 0 aromatic carbocycles. The molecule has 0 radical (unpaired) electrons. The van der Waals surface area contributed by atoms with Crippen molar-refractivity contribution in [3.8, 4) is 0 Å². The van der Waals surface area contributed by atoms with Gasteiger partial charge in [0.25, 0.3) is 0 Å². The molecule has 0 spiro atoms. The van der Waals surface area contributed by atoms with Gasteiger partial charge in [-0.3, -0.25) is 9.59 Å². The predicted octanol–water partition coefficient (Wildman–Crippen LogP) is 3.54. The van der Waals surface area contributed by atoms with E-state index in [0.717, 1.165) is 31.8 Å². The van der Waals surface area contributed by atoms with Crippen LogP contribution in [0.2, 0.25) is 0 Å². The lowest BCUT2D eigenvalue weighted by Crippen LogP contribution is -2.18. The van der Waals surface area contributed by atoms with Crippen LogP contribution >= 0.6 is 0 Å². The number of esters is 3. The summed E-state index contributed by atoms with van der Waals surface area (Å²) in [6.07, 6.45) is 8.66. The highest BCUT2D eigenvalue weighted by Crippen LogP contribution is 2.30. The second kappa shape index (κ2) is 12.5. The molecule has 2 atom stereocenters. The molecular formula is C19H30O6. The Morgan fingerprint density at radius 3 is 2.56 bits per heavy atom. The van der Waals surface area contributed by atoms with E-state index in [1.165, 1.54) is 12.8 Å². The first-order valence-electron chi connectivity index (χ1n) is 9.11. The second-order valence-corrected chi connectivity index (χ2v) is 6.67. The summed E-state index contributed by atoms with van der Waals surface area (Å²) >= 11 is 0. The minimum Gasteiger partial charge on any atom is -0.466 e. The highest BCUT2D eigenvalue weighted by atomic mass is 16.7. The van der Waals surface area contributed by atoms with Crippen molar-refractivity contribution in [2.24, 2.45) is 11.8 Å². The van der Waals surface area contributed by atoms with Crippen molar-refractivity contribution in [3.05, 3.63) is 12.7 Å². The number of carbonyl (C=O) groups excluding carboxylic acids is 3. The average molecular weight is 354 g/mol. The maximum Gasteiger partial charge on any atom is 0.333 e. The molecule has 1 rings (SSSR count). The average Bonchev–Trinajstić information content (AvgIpc) is 2.57. The molecule has 6 heteroatoms. The summed E-state index contributed by atoms with van der Waals surface area (Å²) in [7, 11) is 0. The van der Waals surface area contributed by atoms with E-state index in [1.807, 2.05) is 0 Å². The van der Waals surface area contributed by atoms with Gasteiger partial charge in [0.2, 0.25) is 6.79 Å². The van der Waals surface area contributed by atoms with Gasteiger partial charge in [0.15, 0.2) is 0 Å². The lowest BCUT2D eigenvalue weighted by Gasteiger charge is -2.25. The van der Waals surface area contributed by atoms with E-state index in [1.54, 1.807) is 0 Å². The van der Waals surface area contributed by atoms with Gasteiger partial charge in [0.1, 0.15) is 0 Å². The number of ether oxygens (including phenoxy) is 3. The molecule has 0 N–H and O–H groups in total. The van der Waals surface area contributed by atoms with Crippen molar-refractivity contribution in [1.29, 1.82) is 0 Å². The quantitative estimate of drug-likeness (QED) is 0.244. The first-order chi connectivity index (χ1) is 12.0. The summed E-state index contributed by atoms with van der Waals surface area (Å²) in [6.45, 7) is 5.48. The van der Waals surface area contributed by atoms with Crippen molar-refractivity contribution < 1.29 is 28.6 Å². The Kier molecular flexibility index (Phi) is 10.6. The molecule has 1 fully saturated rings. The van der Waals surface area contributed by atoms with Gasteiger partial charge >= 0.3 is 17.9 Å². The molecule has 2 unspecified atom stereocenters. The number of rotatable bonds is 11. The number of unbranched alkanes of at least 4 members (excludes halogenated alkanes) is 2. The number of hydrogen-bond donors (Lipinski definition) is 0. The van der Waals surface area contributed by atoms with Gasteiger partial charge in [-0.05, 0) is 43.9 Å². The molecule has 0 aromatic rings. The third-order valence-electron chi connectivity index (χ3n) is 4.38. The molecule has 25 heavy (non-hydrogen) atoms. The molecule has 0 aromatic heterocycles. The van der Waals surface area contributed by atoms with Gasteiger partial charge in [-0.25, -0.2) is 4.79 Å². The molecule has 0 saturated heterocycles. The van der Waals surface area contributed by atoms with Crippen molar-refractivity contribution >= 4 is 17.9 Å². The van der Waals surface area contributed by atoms with Crippen LogP contribution in [0.25, 0.3) is 0 Å². The van der Waals surface area contributed by atoms with E-state index in [4.69, 9.17) is 9.47 Å². The highest BCUT2D eigenvalue weighted by Gasteiger charge is 2.21. The maximum atomic E-state index is 11.8. The molecule has 0 amide bonds. The van der Waals surface area contributed by atoms with Gasteiger partial charge in [-0.1, -0.05) is 26.3 Å². The monoisotopic (exact) mass is 354 g/mol. The minimum atomic E-state index is -0.627. The summed E-state index contributed by atoms with van der Waals surface area (Å²) in [5.41, 5.74) is 0. The van der Waals surface area contributed by atoms with E-state index in [-0.39, 0.29) is 19.2 Å². The first kappa shape index (κ1) is 21.2. The lowest BCUT2D eigenvalue weighted by atomic mass is 9.81. The number of carbonyl (C=O) groups is 3. The molecule has 1 aliphatic carbocycles. The van der Waals surface area contributed by atoms with Crippen LogP contribution in [0, 0.1) is 11.8 Å². The van der Waals surface area contributed by atoms with Gasteiger partial charge in [-0.15, -0.1) is 0 Å². The maximum absolute atomic E-state index is 11.8. The van der Waals surface area contributed by atoms with Crippen LogP contribution in [-0.2, 0) is 28.6 Å². The Morgan fingerprint density at radius 1 is 1.04 bits per heavy atom. The fourth-order valence-corrected chi connectivity index (χ4v) is 3.06. The molecule has 6 nitrogen and oxygen atoms in total. The van der Waals surface area contributed by atoms with Crippen molar-refractivity contribution in [3.63, 3.8) is 0 Å². The zero-order chi connectivity index (χ0) is 18.5. The van der Waals surface area contributed by atoms with Crippen LogP contribution < -0.4 is 0 Å². The van der Waals surface area contributed by atoms with Crippen LogP contribution in [0.1, 0.15) is 64.7 Å². The van der Waals surface area contributed by atoms with E-state index in [2.05, 4.69) is 18.2 Å². The Morgan fingerprint density at radius 2 is 1.84 bits per heavy atom. The molecule has 0 heterocycles. The van der Waals surface area contributed by atoms with Gasteiger partial charge in [-0.2, -0.15) is 0 Å². The van der Waals surface area contributed by atoms with Crippen LogP contribution in [-0.4, -0.2) is 31.3 Å². The molecule has 0 aliphatic heterocycles. The topological polar surface area (TPSA) is 78.9 Å². The molecule has 142 valence electrons. The molecular weight excluding hydrogens is 324 g/mol. The summed E-state index contributed by atoms with van der Waals surface area (Å²) in [6, 6.07) is 0. The molecule has 0 bridgehead atoms. The zero-order valence-corrected chi connectivity index (χ0v) is 15.2. The Balaban J connectivity index is 1.95. The third-order valence-corrected chi connectivity index (χ3v) is 4.38. The van der Waals surface area contributed by atoms with Crippen LogP contribution in [0.15, 0.2) is 12.7 Å².